The molecular formula is C22H28N2O2. The van der Waals surface area contributed by atoms with Gasteiger partial charge in [-0.05, 0) is 58.1 Å². The van der Waals surface area contributed by atoms with E-state index in [0.717, 1.165) is 30.8 Å². The summed E-state index contributed by atoms with van der Waals surface area (Å²) in [6.45, 7) is 6.45. The van der Waals surface area contributed by atoms with E-state index in [4.69, 9.17) is 4.74 Å². The van der Waals surface area contributed by atoms with Crippen LogP contribution < -0.4 is 5.32 Å². The molecule has 0 saturated carbocycles. The Bertz CT molecular complexity index is 787. The molecule has 26 heavy (non-hydrogen) atoms. The minimum atomic E-state index is -0.421. The Labute approximate surface area is 156 Å². The van der Waals surface area contributed by atoms with Gasteiger partial charge in [0.25, 0.3) is 0 Å². The lowest BCUT2D eigenvalue weighted by atomic mass is 9.75. The number of ether oxygens (including phenoxy) is 1. The maximum Gasteiger partial charge on any atom is 0.330 e. The number of hydrogen-bond donors (Lipinski definition) is 1. The lowest BCUT2D eigenvalue weighted by molar-refractivity contribution is -0.142. The molecule has 0 fully saturated rings. The monoisotopic (exact) mass is 352 g/mol. The molecule has 1 aromatic carbocycles. The van der Waals surface area contributed by atoms with Crippen molar-refractivity contribution in [2.45, 2.75) is 57.9 Å². The topological polar surface area (TPSA) is 50.7 Å². The lowest BCUT2D eigenvalue weighted by Gasteiger charge is -2.25. The molecule has 1 aromatic rings. The largest absolute Gasteiger partial charge is 0.467 e. The van der Waals surface area contributed by atoms with Crippen molar-refractivity contribution in [1.82, 2.24) is 0 Å². The fraction of sp³-hybridized carbons (Fsp3) is 0.455. The summed E-state index contributed by atoms with van der Waals surface area (Å²) < 4.78 is 4.94. The number of benzene rings is 1. The van der Waals surface area contributed by atoms with Crippen molar-refractivity contribution >= 4 is 17.5 Å². The van der Waals surface area contributed by atoms with Gasteiger partial charge >= 0.3 is 5.97 Å². The number of esters is 1. The van der Waals surface area contributed by atoms with E-state index in [2.05, 4.69) is 61.4 Å². The third-order valence-corrected chi connectivity index (χ3v) is 5.34. The molecule has 0 aromatic heterocycles. The van der Waals surface area contributed by atoms with Crippen LogP contribution in [0.15, 0.2) is 52.6 Å². The van der Waals surface area contributed by atoms with E-state index < -0.39 is 6.04 Å². The zero-order valence-corrected chi connectivity index (χ0v) is 16.1. The summed E-state index contributed by atoms with van der Waals surface area (Å²) in [5, 5.41) is 3.43. The van der Waals surface area contributed by atoms with E-state index in [1.807, 2.05) is 6.07 Å². The quantitative estimate of drug-likeness (QED) is 0.592. The van der Waals surface area contributed by atoms with E-state index in [9.17, 15) is 4.79 Å². The van der Waals surface area contributed by atoms with Crippen LogP contribution in [-0.4, -0.2) is 25.0 Å². The minimum absolute atomic E-state index is 0.243. The average Bonchev–Trinajstić information content (AvgIpc) is 3.12. The number of nitrogens with one attached hydrogen (secondary N) is 1. The van der Waals surface area contributed by atoms with Crippen LogP contribution in [0.5, 0.6) is 0 Å². The van der Waals surface area contributed by atoms with Crippen molar-refractivity contribution < 1.29 is 9.53 Å². The first-order valence-electron chi connectivity index (χ1n) is 9.28. The van der Waals surface area contributed by atoms with E-state index in [0.29, 0.717) is 6.42 Å². The number of allylic oxidation sites excluding steroid dienone is 4. The highest BCUT2D eigenvalue weighted by molar-refractivity contribution is 6.12. The first kappa shape index (κ1) is 18.4. The number of hydrogen-bond acceptors (Lipinski definition) is 4. The second-order valence-corrected chi connectivity index (χ2v) is 7.55. The lowest BCUT2D eigenvalue weighted by Crippen LogP contribution is -2.32. The fourth-order valence-electron chi connectivity index (χ4n) is 3.88. The molecule has 4 heteroatoms. The Hall–Kier alpha value is -2.36. The van der Waals surface area contributed by atoms with Gasteiger partial charge in [0.05, 0.1) is 12.5 Å². The van der Waals surface area contributed by atoms with Crippen LogP contribution in [0.4, 0.5) is 5.69 Å². The highest BCUT2D eigenvalue weighted by atomic mass is 16.5. The van der Waals surface area contributed by atoms with Crippen LogP contribution in [0.25, 0.3) is 0 Å². The number of rotatable bonds is 6. The zero-order chi connectivity index (χ0) is 18.7. The molecule has 0 spiro atoms. The molecule has 3 rings (SSSR count). The summed E-state index contributed by atoms with van der Waals surface area (Å²) in [5.74, 6) is 0.650. The van der Waals surface area contributed by atoms with E-state index >= 15 is 0 Å². The van der Waals surface area contributed by atoms with Crippen LogP contribution in [0.2, 0.25) is 0 Å². The molecule has 0 bridgehead atoms. The van der Waals surface area contributed by atoms with Crippen molar-refractivity contribution in [3.63, 3.8) is 0 Å². The van der Waals surface area contributed by atoms with Gasteiger partial charge < -0.3 is 10.1 Å². The van der Waals surface area contributed by atoms with Crippen molar-refractivity contribution in [3.05, 3.63) is 53.1 Å². The summed E-state index contributed by atoms with van der Waals surface area (Å²) in [4.78, 5) is 16.7. The molecule has 0 aliphatic carbocycles. The average molecular weight is 352 g/mol. The third kappa shape index (κ3) is 3.46. The Balaban J connectivity index is 1.84. The molecule has 2 aliphatic rings. The molecule has 138 valence electrons. The molecule has 4 nitrogen and oxygen atoms in total. The van der Waals surface area contributed by atoms with Gasteiger partial charge in [-0.2, -0.15) is 0 Å². The normalized spacial score (nSPS) is 23.6. The smallest absolute Gasteiger partial charge is 0.330 e. The maximum atomic E-state index is 12.1. The van der Waals surface area contributed by atoms with Gasteiger partial charge in [-0.25, -0.2) is 4.79 Å². The van der Waals surface area contributed by atoms with Gasteiger partial charge in [0.15, 0.2) is 6.04 Å². The van der Waals surface area contributed by atoms with Gasteiger partial charge in [0.1, 0.15) is 5.84 Å². The maximum absolute atomic E-state index is 12.1. The van der Waals surface area contributed by atoms with E-state index in [1.165, 1.54) is 23.8 Å². The van der Waals surface area contributed by atoms with E-state index in [-0.39, 0.29) is 11.4 Å². The van der Waals surface area contributed by atoms with Crippen molar-refractivity contribution in [1.29, 1.82) is 0 Å². The molecular weight excluding hydrogens is 324 g/mol. The first-order chi connectivity index (χ1) is 12.5. The molecule has 0 amide bonds. The van der Waals surface area contributed by atoms with Crippen LogP contribution in [0.3, 0.4) is 0 Å². The number of carbonyl (C=O) groups is 1. The molecule has 0 radical (unpaired) electrons. The van der Waals surface area contributed by atoms with Crippen molar-refractivity contribution in [2.75, 3.05) is 12.4 Å². The Morgan fingerprint density at radius 3 is 2.81 bits per heavy atom. The Morgan fingerprint density at radius 1 is 1.31 bits per heavy atom. The Morgan fingerprint density at radius 2 is 2.08 bits per heavy atom. The van der Waals surface area contributed by atoms with Crippen molar-refractivity contribution in [3.8, 4) is 0 Å². The summed E-state index contributed by atoms with van der Waals surface area (Å²) in [7, 11) is 1.43. The summed E-state index contributed by atoms with van der Waals surface area (Å²) >= 11 is 0. The standard InChI is InChI=1S/C22H28N2O2/c1-15(2)8-7-9-16(3)12-13-22-14-19(20(25)26-4)24-21(22)23-18-11-6-5-10-17(18)22/h5-6,8,10-12,19H,7,9,13-14H2,1-4H3,(H,23,24)/b16-12+/t19-,22+/m0/s1. The summed E-state index contributed by atoms with van der Waals surface area (Å²) in [6.07, 6.45) is 8.23. The third-order valence-electron chi connectivity index (χ3n) is 5.34. The number of aliphatic imine (C=N–C) groups is 1. The highest BCUT2D eigenvalue weighted by Gasteiger charge is 2.51. The van der Waals surface area contributed by atoms with Crippen LogP contribution in [0, 0.1) is 0 Å². The van der Waals surface area contributed by atoms with Gasteiger partial charge in [-0.3, -0.25) is 4.99 Å². The van der Waals surface area contributed by atoms with Gasteiger partial charge in [-0.15, -0.1) is 0 Å². The van der Waals surface area contributed by atoms with Crippen molar-refractivity contribution in [2.24, 2.45) is 4.99 Å². The van der Waals surface area contributed by atoms with Gasteiger partial charge in [0, 0.05) is 5.69 Å². The van der Waals surface area contributed by atoms with Crippen LogP contribution >= 0.6 is 0 Å². The zero-order valence-electron chi connectivity index (χ0n) is 16.1. The number of para-hydroxylation sites is 1. The molecule has 2 atom stereocenters. The number of nitrogens with zero attached hydrogens (tertiary/aromatic N) is 1. The molecule has 2 heterocycles. The molecule has 2 aliphatic heterocycles. The second-order valence-electron chi connectivity index (χ2n) is 7.55. The minimum Gasteiger partial charge on any atom is -0.467 e. The number of methoxy groups -OCH3 is 1. The number of carbonyl (C=O) groups excluding carboxylic acids is 1. The predicted octanol–water partition coefficient (Wildman–Crippen LogP) is 4.78. The summed E-state index contributed by atoms with van der Waals surface area (Å²) in [6, 6.07) is 7.89. The summed E-state index contributed by atoms with van der Waals surface area (Å²) in [5.41, 5.74) is 4.83. The number of amidine groups is 1. The predicted molar refractivity (Wildman–Crippen MR) is 107 cm³/mol. The second kappa shape index (κ2) is 7.48. The molecule has 0 unspecified atom stereocenters. The molecule has 0 saturated heterocycles. The SMILES string of the molecule is COC(=O)[C@@H]1C[C@@]2(C/C=C(\C)CCC=C(C)C)C(=N1)Nc1ccccc12. The molecule has 1 N–H and O–H groups in total. The number of anilines is 1. The van der Waals surface area contributed by atoms with E-state index in [1.54, 1.807) is 0 Å². The van der Waals surface area contributed by atoms with Gasteiger partial charge in [-0.1, -0.05) is 41.5 Å². The van der Waals surface area contributed by atoms with Gasteiger partial charge in [0.2, 0.25) is 0 Å². The highest BCUT2D eigenvalue weighted by Crippen LogP contribution is 2.48. The fourth-order valence-corrected chi connectivity index (χ4v) is 3.88. The number of fused-ring (bicyclic) bond motifs is 3. The first-order valence-corrected chi connectivity index (χ1v) is 9.28. The van der Waals surface area contributed by atoms with Crippen LogP contribution in [-0.2, 0) is 14.9 Å². The Kier molecular flexibility index (Phi) is 5.30. The van der Waals surface area contributed by atoms with Crippen LogP contribution in [0.1, 0.15) is 52.0 Å².